The summed E-state index contributed by atoms with van der Waals surface area (Å²) in [5.74, 6) is 0.926. The maximum absolute atomic E-state index is 11.6. The number of thioether (sulfide) groups is 1. The molecule has 2 aromatic heterocycles. The first-order chi connectivity index (χ1) is 11.0. The van der Waals surface area contributed by atoms with Gasteiger partial charge in [-0.25, -0.2) is 14.5 Å². The Labute approximate surface area is 135 Å². The smallest absolute Gasteiger partial charge is 0.328 e. The molecule has 2 aromatic rings. The Balaban J connectivity index is 2.16. The van der Waals surface area contributed by atoms with E-state index in [1.807, 2.05) is 6.26 Å². The lowest BCUT2D eigenvalue weighted by Crippen LogP contribution is -2.29. The first-order valence-corrected chi connectivity index (χ1v) is 8.32. The Bertz CT molecular complexity index is 794. The average molecular weight is 339 g/mol. The molecule has 124 valence electrons. The van der Waals surface area contributed by atoms with Crippen molar-refractivity contribution in [2.75, 3.05) is 12.0 Å². The number of aryl methyl sites for hydroxylation is 3. The number of nitrogens with zero attached hydrogens (tertiary/aromatic N) is 4. The van der Waals surface area contributed by atoms with Gasteiger partial charge in [-0.2, -0.15) is 16.9 Å². The predicted octanol–water partition coefficient (Wildman–Crippen LogP) is -0.639. The number of aliphatic carboxylic acids is 1. The highest BCUT2D eigenvalue weighted by atomic mass is 32.2. The molecule has 9 nitrogen and oxygen atoms in total. The Kier molecular flexibility index (Phi) is 5.74. The number of nitrogens with one attached hydrogen (secondary N) is 1. The lowest BCUT2D eigenvalue weighted by Gasteiger charge is -2.05. The van der Waals surface area contributed by atoms with E-state index in [4.69, 9.17) is 5.11 Å². The van der Waals surface area contributed by atoms with Crippen LogP contribution in [0.25, 0.3) is 0 Å². The summed E-state index contributed by atoms with van der Waals surface area (Å²) in [6.45, 7) is -0.00197. The molecule has 2 N–H and O–H groups in total. The number of hydrogen-bond donors (Lipinski definition) is 2. The van der Waals surface area contributed by atoms with E-state index in [0.717, 1.165) is 5.75 Å². The van der Waals surface area contributed by atoms with Gasteiger partial charge < -0.3 is 9.67 Å². The number of aromatic amines is 1. The fraction of sp³-hybridized carbons (Fsp3) is 0.462. The van der Waals surface area contributed by atoms with E-state index in [1.54, 1.807) is 11.8 Å². The van der Waals surface area contributed by atoms with Crippen LogP contribution in [0.4, 0.5) is 0 Å². The summed E-state index contributed by atoms with van der Waals surface area (Å²) in [7, 11) is 0. The van der Waals surface area contributed by atoms with Crippen molar-refractivity contribution in [3.63, 3.8) is 0 Å². The van der Waals surface area contributed by atoms with Gasteiger partial charge in [0.1, 0.15) is 12.4 Å². The van der Waals surface area contributed by atoms with Crippen LogP contribution in [-0.2, 0) is 30.7 Å². The molecule has 0 aliphatic heterocycles. The van der Waals surface area contributed by atoms with Crippen LogP contribution in [0.3, 0.4) is 0 Å². The first kappa shape index (κ1) is 17.0. The molecule has 0 saturated heterocycles. The molecule has 0 saturated carbocycles. The number of carboxylic acids is 1. The third kappa shape index (κ3) is 4.81. The second-order valence-corrected chi connectivity index (χ2v) is 5.78. The highest BCUT2D eigenvalue weighted by Gasteiger charge is 2.12. The van der Waals surface area contributed by atoms with E-state index >= 15 is 0 Å². The Morgan fingerprint density at radius 3 is 2.83 bits per heavy atom. The van der Waals surface area contributed by atoms with E-state index < -0.39 is 17.2 Å². The molecule has 10 heteroatoms. The van der Waals surface area contributed by atoms with E-state index in [1.165, 1.54) is 21.5 Å². The van der Waals surface area contributed by atoms with Crippen molar-refractivity contribution in [1.29, 1.82) is 0 Å². The third-order valence-electron chi connectivity index (χ3n) is 3.08. The molecule has 0 fully saturated rings. The standard InChI is InChI=1S/C13H17N5O4S/c1-23-7-4-9-14-10(18(16-9)8-12(20)21)2-5-17-6-3-11(19)15-13(17)22/h3,6H,2,4-5,7-8H2,1H3,(H,20,21)(H,15,19,22). The number of aromatic nitrogens is 5. The number of H-pyrrole nitrogens is 1. The summed E-state index contributed by atoms with van der Waals surface area (Å²) in [6, 6.07) is 1.26. The second kappa shape index (κ2) is 7.77. The van der Waals surface area contributed by atoms with Crippen molar-refractivity contribution in [2.24, 2.45) is 0 Å². The molecule has 0 atom stereocenters. The molecule has 0 radical (unpaired) electrons. The molecule has 0 aliphatic carbocycles. The van der Waals surface area contributed by atoms with Gasteiger partial charge in [-0.3, -0.25) is 14.6 Å². The number of carboxylic acid groups (broad SMARTS) is 1. The number of rotatable bonds is 8. The molecule has 0 aromatic carbocycles. The molecular formula is C13H17N5O4S. The molecule has 2 rings (SSSR count). The van der Waals surface area contributed by atoms with Crippen molar-refractivity contribution >= 4 is 17.7 Å². The van der Waals surface area contributed by atoms with Crippen molar-refractivity contribution < 1.29 is 9.90 Å². The van der Waals surface area contributed by atoms with Crippen LogP contribution in [0.15, 0.2) is 21.9 Å². The van der Waals surface area contributed by atoms with Gasteiger partial charge in [-0.05, 0) is 6.26 Å². The number of carbonyl (C=O) groups is 1. The summed E-state index contributed by atoms with van der Waals surface area (Å²) in [5.41, 5.74) is -0.968. The van der Waals surface area contributed by atoms with E-state index in [-0.39, 0.29) is 13.1 Å². The van der Waals surface area contributed by atoms with Crippen LogP contribution in [-0.4, -0.2) is 47.4 Å². The molecule has 23 heavy (non-hydrogen) atoms. The largest absolute Gasteiger partial charge is 0.480 e. The van der Waals surface area contributed by atoms with E-state index in [0.29, 0.717) is 24.5 Å². The van der Waals surface area contributed by atoms with Gasteiger partial charge in [0, 0.05) is 37.4 Å². The topological polar surface area (TPSA) is 123 Å². The van der Waals surface area contributed by atoms with E-state index in [9.17, 15) is 14.4 Å². The third-order valence-corrected chi connectivity index (χ3v) is 3.69. The highest BCUT2D eigenvalue weighted by Crippen LogP contribution is 2.05. The van der Waals surface area contributed by atoms with Crippen LogP contribution < -0.4 is 11.2 Å². The minimum atomic E-state index is -1.01. The normalized spacial score (nSPS) is 10.8. The van der Waals surface area contributed by atoms with Gasteiger partial charge >= 0.3 is 11.7 Å². The first-order valence-electron chi connectivity index (χ1n) is 6.92. The molecule has 0 amide bonds. The summed E-state index contributed by atoms with van der Waals surface area (Å²) in [5, 5.41) is 13.2. The SMILES string of the molecule is CSCCc1nc(CCn2ccc(=O)[nH]c2=O)n(CC(=O)O)n1. The van der Waals surface area contributed by atoms with Crippen LogP contribution in [0.1, 0.15) is 11.6 Å². The maximum atomic E-state index is 11.6. The van der Waals surface area contributed by atoms with Gasteiger partial charge in [-0.15, -0.1) is 0 Å². The summed E-state index contributed by atoms with van der Waals surface area (Å²) in [4.78, 5) is 40.1. The maximum Gasteiger partial charge on any atom is 0.328 e. The van der Waals surface area contributed by atoms with Crippen molar-refractivity contribution in [1.82, 2.24) is 24.3 Å². The highest BCUT2D eigenvalue weighted by molar-refractivity contribution is 7.98. The molecule has 0 unspecified atom stereocenters. The zero-order valence-electron chi connectivity index (χ0n) is 12.6. The molecule has 2 heterocycles. The zero-order chi connectivity index (χ0) is 16.8. The number of hydrogen-bond acceptors (Lipinski definition) is 6. The zero-order valence-corrected chi connectivity index (χ0v) is 13.4. The molecule has 0 spiro atoms. The van der Waals surface area contributed by atoms with Gasteiger partial charge in [0.25, 0.3) is 5.56 Å². The minimum Gasteiger partial charge on any atom is -0.480 e. The van der Waals surface area contributed by atoms with Crippen molar-refractivity contribution in [2.45, 2.75) is 25.9 Å². The molecular weight excluding hydrogens is 322 g/mol. The lowest BCUT2D eigenvalue weighted by molar-refractivity contribution is -0.137. The van der Waals surface area contributed by atoms with Crippen LogP contribution in [0.2, 0.25) is 0 Å². The average Bonchev–Trinajstić information content (AvgIpc) is 2.85. The van der Waals surface area contributed by atoms with Crippen LogP contribution >= 0.6 is 11.8 Å². The van der Waals surface area contributed by atoms with Gasteiger partial charge in [-0.1, -0.05) is 0 Å². The summed E-state index contributed by atoms with van der Waals surface area (Å²) < 4.78 is 2.68. The fourth-order valence-electron chi connectivity index (χ4n) is 2.01. The Hall–Kier alpha value is -2.36. The molecule has 0 aliphatic rings. The van der Waals surface area contributed by atoms with Gasteiger partial charge in [0.2, 0.25) is 0 Å². The van der Waals surface area contributed by atoms with E-state index in [2.05, 4.69) is 15.1 Å². The van der Waals surface area contributed by atoms with Crippen molar-refractivity contribution in [3.05, 3.63) is 44.8 Å². The summed E-state index contributed by atoms with van der Waals surface area (Å²) >= 11 is 1.65. The molecule has 0 bridgehead atoms. The second-order valence-electron chi connectivity index (χ2n) is 4.79. The quantitative estimate of drug-likeness (QED) is 0.656. The van der Waals surface area contributed by atoms with Crippen LogP contribution in [0, 0.1) is 0 Å². The lowest BCUT2D eigenvalue weighted by atomic mass is 10.4. The Morgan fingerprint density at radius 1 is 1.39 bits per heavy atom. The monoisotopic (exact) mass is 339 g/mol. The Morgan fingerprint density at radius 2 is 2.17 bits per heavy atom. The van der Waals surface area contributed by atoms with Gasteiger partial charge in [0.05, 0.1) is 0 Å². The van der Waals surface area contributed by atoms with Crippen LogP contribution in [0.5, 0.6) is 0 Å². The predicted molar refractivity (Wildman–Crippen MR) is 84.8 cm³/mol. The fourth-order valence-corrected chi connectivity index (χ4v) is 2.39. The van der Waals surface area contributed by atoms with Gasteiger partial charge in [0.15, 0.2) is 5.82 Å². The van der Waals surface area contributed by atoms with Crippen molar-refractivity contribution in [3.8, 4) is 0 Å². The summed E-state index contributed by atoms with van der Waals surface area (Å²) in [6.07, 6.45) is 4.36. The minimum absolute atomic E-state index is 0.274.